The van der Waals surface area contributed by atoms with E-state index in [4.69, 9.17) is 0 Å². The van der Waals surface area contributed by atoms with Crippen molar-refractivity contribution in [3.8, 4) is 6.07 Å². The number of nitriles is 1. The molecule has 0 fully saturated rings. The fraction of sp³-hybridized carbons (Fsp3) is 0.0800. The van der Waals surface area contributed by atoms with Crippen LogP contribution in [0.4, 0.5) is 18.3 Å². The van der Waals surface area contributed by atoms with Gasteiger partial charge in [0.05, 0.1) is 5.56 Å². The number of hydrogen-bond donors (Lipinski definition) is 1. The van der Waals surface area contributed by atoms with Gasteiger partial charge in [-0.05, 0) is 34.0 Å². The highest BCUT2D eigenvalue weighted by Gasteiger charge is 2.30. The van der Waals surface area contributed by atoms with Crippen molar-refractivity contribution in [2.75, 3.05) is 5.32 Å². The van der Waals surface area contributed by atoms with E-state index in [2.05, 4.69) is 10.3 Å². The van der Waals surface area contributed by atoms with Crippen molar-refractivity contribution in [1.82, 2.24) is 4.98 Å². The van der Waals surface area contributed by atoms with E-state index in [0.29, 0.717) is 10.4 Å². The van der Waals surface area contributed by atoms with Crippen molar-refractivity contribution in [1.29, 1.82) is 5.26 Å². The molecule has 0 saturated heterocycles. The Balaban J connectivity index is 1.50. The molecule has 0 aliphatic rings. The van der Waals surface area contributed by atoms with Crippen LogP contribution in [0.3, 0.4) is 0 Å². The van der Waals surface area contributed by atoms with Crippen LogP contribution in [-0.4, -0.2) is 10.9 Å². The second-order valence-electron chi connectivity index (χ2n) is 7.20. The van der Waals surface area contributed by atoms with Crippen LogP contribution in [0.5, 0.6) is 0 Å². The molecule has 1 aromatic heterocycles. The molecule has 4 aromatic rings. The Hall–Kier alpha value is -3.96. The van der Waals surface area contributed by atoms with Crippen LogP contribution in [-0.2, 0) is 17.4 Å². The number of carbonyl (C=O) groups is 1. The van der Waals surface area contributed by atoms with E-state index in [1.165, 1.54) is 18.3 Å². The maximum atomic E-state index is 12.9. The van der Waals surface area contributed by atoms with Crippen molar-refractivity contribution in [3.05, 3.63) is 100 Å². The van der Waals surface area contributed by atoms with Crippen LogP contribution in [0.15, 0.2) is 78.5 Å². The summed E-state index contributed by atoms with van der Waals surface area (Å²) in [5, 5.41) is 14.3. The minimum absolute atomic E-state index is 0.0824. The Morgan fingerprint density at radius 3 is 2.64 bits per heavy atom. The van der Waals surface area contributed by atoms with Crippen molar-refractivity contribution < 1.29 is 18.0 Å². The smallest absolute Gasteiger partial charge is 0.297 e. The summed E-state index contributed by atoms with van der Waals surface area (Å²) in [4.78, 5) is 17.5. The zero-order valence-electron chi connectivity index (χ0n) is 17.1. The number of alkyl halides is 3. The van der Waals surface area contributed by atoms with Gasteiger partial charge in [0.1, 0.15) is 11.6 Å². The number of thiazole rings is 1. The summed E-state index contributed by atoms with van der Waals surface area (Å²) < 4.78 is 38.8. The lowest BCUT2D eigenvalue weighted by Gasteiger charge is -2.07. The molecule has 0 atom stereocenters. The van der Waals surface area contributed by atoms with Gasteiger partial charge < -0.3 is 0 Å². The van der Waals surface area contributed by atoms with Gasteiger partial charge in [0.25, 0.3) is 5.91 Å². The lowest BCUT2D eigenvalue weighted by Crippen LogP contribution is -2.13. The third kappa shape index (κ3) is 5.27. The van der Waals surface area contributed by atoms with E-state index in [-0.39, 0.29) is 17.1 Å². The molecule has 3 aromatic carbocycles. The number of carbonyl (C=O) groups excluding carboxylic acids is 1. The summed E-state index contributed by atoms with van der Waals surface area (Å²) in [6.45, 7) is 0. The molecule has 4 rings (SSSR count). The predicted molar refractivity (Wildman–Crippen MR) is 123 cm³/mol. The van der Waals surface area contributed by atoms with Crippen LogP contribution in [0.1, 0.15) is 21.6 Å². The number of benzene rings is 3. The van der Waals surface area contributed by atoms with Gasteiger partial charge in [-0.1, -0.05) is 60.7 Å². The Morgan fingerprint density at radius 1 is 1.09 bits per heavy atom. The molecule has 0 unspecified atom stereocenters. The lowest BCUT2D eigenvalue weighted by atomic mass is 10.0. The summed E-state index contributed by atoms with van der Waals surface area (Å²) in [6, 6.07) is 20.3. The third-order valence-electron chi connectivity index (χ3n) is 4.89. The van der Waals surface area contributed by atoms with Crippen molar-refractivity contribution >= 4 is 39.2 Å². The van der Waals surface area contributed by atoms with Gasteiger partial charge in [-0.3, -0.25) is 10.1 Å². The highest BCUT2D eigenvalue weighted by molar-refractivity contribution is 7.15. The molecule has 0 bridgehead atoms. The third-order valence-corrected chi connectivity index (χ3v) is 5.81. The molecule has 0 aliphatic heterocycles. The number of hydrogen-bond acceptors (Lipinski definition) is 4. The number of amides is 1. The molecule has 164 valence electrons. The number of halogens is 3. The highest BCUT2D eigenvalue weighted by atomic mass is 32.1. The topological polar surface area (TPSA) is 65.8 Å². The molecule has 0 radical (unpaired) electrons. The average Bonchev–Trinajstić information content (AvgIpc) is 3.23. The van der Waals surface area contributed by atoms with E-state index in [1.807, 2.05) is 48.5 Å². The molecular weight excluding hydrogens is 447 g/mol. The van der Waals surface area contributed by atoms with Crippen molar-refractivity contribution in [2.24, 2.45) is 0 Å². The zero-order valence-corrected chi connectivity index (χ0v) is 17.9. The van der Waals surface area contributed by atoms with Crippen LogP contribution < -0.4 is 5.32 Å². The SMILES string of the molecule is N#CC(=Cc1cccc2ccccc12)C(=O)Nc1ncc(Cc2cccc(C(F)(F)F)c2)s1. The summed E-state index contributed by atoms with van der Waals surface area (Å²) in [6.07, 6.45) is -1.14. The molecular formula is C25H16F3N3OS. The molecule has 1 heterocycles. The summed E-state index contributed by atoms with van der Waals surface area (Å²) in [7, 11) is 0. The quantitative estimate of drug-likeness (QED) is 0.273. The fourth-order valence-corrected chi connectivity index (χ4v) is 4.19. The van der Waals surface area contributed by atoms with E-state index < -0.39 is 17.6 Å². The van der Waals surface area contributed by atoms with Gasteiger partial charge in [-0.25, -0.2) is 4.98 Å². The van der Waals surface area contributed by atoms with Gasteiger partial charge in [0, 0.05) is 17.5 Å². The van der Waals surface area contributed by atoms with Gasteiger partial charge >= 0.3 is 6.18 Å². The molecule has 0 aliphatic carbocycles. The normalized spacial score (nSPS) is 11.9. The van der Waals surface area contributed by atoms with Gasteiger partial charge in [-0.15, -0.1) is 11.3 Å². The van der Waals surface area contributed by atoms with E-state index in [1.54, 1.807) is 6.07 Å². The van der Waals surface area contributed by atoms with Crippen LogP contribution >= 0.6 is 11.3 Å². The van der Waals surface area contributed by atoms with Crippen molar-refractivity contribution in [3.63, 3.8) is 0 Å². The molecule has 33 heavy (non-hydrogen) atoms. The second kappa shape index (κ2) is 9.27. The van der Waals surface area contributed by atoms with E-state index in [9.17, 15) is 23.2 Å². The standard InChI is InChI=1S/C25H16F3N3OS/c26-25(27,28)20-9-3-5-16(11-20)12-21-15-30-24(33-21)31-23(32)19(14-29)13-18-8-4-7-17-6-1-2-10-22(17)18/h1-11,13,15H,12H2,(H,30,31,32). The lowest BCUT2D eigenvalue weighted by molar-refractivity contribution is -0.137. The number of rotatable bonds is 5. The number of nitrogens with one attached hydrogen (secondary N) is 1. The van der Waals surface area contributed by atoms with Crippen molar-refractivity contribution in [2.45, 2.75) is 12.6 Å². The van der Waals surface area contributed by atoms with E-state index >= 15 is 0 Å². The number of fused-ring (bicyclic) bond motifs is 1. The van der Waals surface area contributed by atoms with Gasteiger partial charge in [0.15, 0.2) is 5.13 Å². The molecule has 1 N–H and O–H groups in total. The first-order valence-electron chi connectivity index (χ1n) is 9.85. The van der Waals surface area contributed by atoms with Gasteiger partial charge in [-0.2, -0.15) is 18.4 Å². The molecule has 4 nitrogen and oxygen atoms in total. The van der Waals surface area contributed by atoms with Crippen LogP contribution in [0.2, 0.25) is 0 Å². The monoisotopic (exact) mass is 463 g/mol. The Bertz CT molecular complexity index is 1390. The Kier molecular flexibility index (Phi) is 6.24. The summed E-state index contributed by atoms with van der Waals surface area (Å²) in [5.74, 6) is -0.606. The van der Waals surface area contributed by atoms with Gasteiger partial charge in [0.2, 0.25) is 0 Å². The zero-order chi connectivity index (χ0) is 23.4. The first-order valence-corrected chi connectivity index (χ1v) is 10.7. The summed E-state index contributed by atoms with van der Waals surface area (Å²) >= 11 is 1.15. The molecule has 8 heteroatoms. The average molecular weight is 463 g/mol. The maximum Gasteiger partial charge on any atom is 0.416 e. The highest BCUT2D eigenvalue weighted by Crippen LogP contribution is 2.30. The fourth-order valence-electron chi connectivity index (χ4n) is 3.35. The second-order valence-corrected chi connectivity index (χ2v) is 8.31. The van der Waals surface area contributed by atoms with E-state index in [0.717, 1.165) is 39.8 Å². The molecule has 1 amide bonds. The Labute approximate surface area is 191 Å². The minimum atomic E-state index is -4.41. The number of aromatic nitrogens is 1. The first-order chi connectivity index (χ1) is 15.8. The minimum Gasteiger partial charge on any atom is -0.297 e. The first kappa shape index (κ1) is 22.2. The maximum absolute atomic E-state index is 12.9. The molecule has 0 saturated carbocycles. The van der Waals surface area contributed by atoms with Crippen LogP contribution in [0, 0.1) is 11.3 Å². The number of nitrogens with zero attached hydrogens (tertiary/aromatic N) is 2. The summed E-state index contributed by atoms with van der Waals surface area (Å²) in [5.41, 5.74) is 0.431. The largest absolute Gasteiger partial charge is 0.416 e. The Morgan fingerprint density at radius 2 is 1.85 bits per heavy atom. The molecule has 0 spiro atoms. The van der Waals surface area contributed by atoms with Crippen LogP contribution in [0.25, 0.3) is 16.8 Å². The number of anilines is 1. The predicted octanol–water partition coefficient (Wildman–Crippen LogP) is 6.45.